The van der Waals surface area contributed by atoms with Crippen molar-refractivity contribution in [3.8, 4) is 0 Å². The van der Waals surface area contributed by atoms with E-state index in [-0.39, 0.29) is 19.1 Å². The fourth-order valence-electron chi connectivity index (χ4n) is 11.7. The van der Waals surface area contributed by atoms with Crippen molar-refractivity contribution in [2.75, 3.05) is 40.9 Å². The maximum atomic E-state index is 13.1. The van der Waals surface area contributed by atoms with E-state index in [0.717, 1.165) is 96.3 Å². The summed E-state index contributed by atoms with van der Waals surface area (Å²) in [6, 6.07) is -0.769. The lowest BCUT2D eigenvalue weighted by molar-refractivity contribution is -0.870. The molecular formula is C84H154N2O6P+. The van der Waals surface area contributed by atoms with E-state index >= 15 is 0 Å². The number of quaternary nitrogens is 1. The molecule has 0 aliphatic carbocycles. The average Bonchev–Trinajstić information content (AvgIpc) is 2.75. The molecule has 540 valence electrons. The Morgan fingerprint density at radius 1 is 0.376 bits per heavy atom. The lowest BCUT2D eigenvalue weighted by atomic mass is 10.0. The molecule has 0 aromatic carbocycles. The summed E-state index contributed by atoms with van der Waals surface area (Å²) in [4.78, 5) is 23.5. The van der Waals surface area contributed by atoms with Gasteiger partial charge < -0.3 is 19.8 Å². The van der Waals surface area contributed by atoms with E-state index in [2.05, 4.69) is 129 Å². The largest absolute Gasteiger partial charge is 0.472 e. The van der Waals surface area contributed by atoms with Crippen molar-refractivity contribution in [2.45, 2.75) is 379 Å². The molecule has 0 saturated heterocycles. The van der Waals surface area contributed by atoms with Crippen LogP contribution in [0.5, 0.6) is 0 Å². The van der Waals surface area contributed by atoms with E-state index in [1.165, 1.54) is 244 Å². The highest BCUT2D eigenvalue weighted by Gasteiger charge is 2.28. The molecule has 0 radical (unpaired) electrons. The number of rotatable bonds is 73. The van der Waals surface area contributed by atoms with Gasteiger partial charge in [0.2, 0.25) is 5.91 Å². The molecule has 0 bridgehead atoms. The van der Waals surface area contributed by atoms with Crippen molar-refractivity contribution >= 4 is 13.7 Å². The van der Waals surface area contributed by atoms with Crippen molar-refractivity contribution in [3.05, 3.63) is 109 Å². The first-order chi connectivity index (χ1) is 45.5. The number of phosphoric ester groups is 1. The summed E-state index contributed by atoms with van der Waals surface area (Å²) >= 11 is 0. The minimum absolute atomic E-state index is 0.0719. The zero-order valence-electron chi connectivity index (χ0n) is 62.0. The smallest absolute Gasteiger partial charge is 0.391 e. The quantitative estimate of drug-likeness (QED) is 0.0243. The second-order valence-corrected chi connectivity index (χ2v) is 29.5. The van der Waals surface area contributed by atoms with E-state index in [4.69, 9.17) is 9.05 Å². The molecule has 0 saturated carbocycles. The molecule has 0 aromatic heterocycles. The van der Waals surface area contributed by atoms with Crippen molar-refractivity contribution in [1.82, 2.24) is 5.32 Å². The maximum Gasteiger partial charge on any atom is 0.472 e. The molecule has 0 aromatic rings. The van der Waals surface area contributed by atoms with Crippen LogP contribution in [0.4, 0.5) is 0 Å². The fourth-order valence-corrected chi connectivity index (χ4v) is 12.4. The molecule has 3 unspecified atom stereocenters. The lowest BCUT2D eigenvalue weighted by Gasteiger charge is -2.26. The van der Waals surface area contributed by atoms with Crippen LogP contribution in [0.1, 0.15) is 367 Å². The predicted molar refractivity (Wildman–Crippen MR) is 410 cm³/mol. The Balaban J connectivity index is 4.00. The molecule has 9 heteroatoms. The van der Waals surface area contributed by atoms with E-state index in [1.54, 1.807) is 0 Å². The minimum Gasteiger partial charge on any atom is -0.391 e. The van der Waals surface area contributed by atoms with Gasteiger partial charge >= 0.3 is 7.82 Å². The molecule has 3 N–H and O–H groups in total. The Bertz CT molecular complexity index is 1890. The third-order valence-electron chi connectivity index (χ3n) is 17.8. The first-order valence-corrected chi connectivity index (χ1v) is 41.2. The minimum atomic E-state index is -4.34. The standard InChI is InChI=1S/C84H153N2O6P/c1-6-8-10-12-14-16-18-20-22-24-26-28-30-32-34-36-38-39-40-41-42-43-44-45-46-47-48-50-52-54-56-58-60-62-64-66-68-70-72-74-76-78-84(88)85-82(81-92-93(89,90)91-80-79-86(3,4)5)83(87)77-75-73-71-69-67-65-63-61-59-57-55-53-51-49-37-35-33-31-29-27-25-23-21-19-17-15-13-11-9-7-2/h8,10,14,16,20,22,26,28,32,34,38-39,41-42,44-45,47-48,82-83,87H,6-7,9,11-13,15,17-19,21,23-25,27,29-31,33,35-37,40,43,46,49-81H2,1-5H3,(H-,85,88,89,90)/p+1/b10-8-,16-14-,22-20-,28-26-,34-32-,39-38-,42-41-,45-44-,48-47-. The molecule has 93 heavy (non-hydrogen) atoms. The summed E-state index contributed by atoms with van der Waals surface area (Å²) in [6.07, 6.45) is 108. The number of carbonyl (C=O) groups is 1. The highest BCUT2D eigenvalue weighted by atomic mass is 31.2. The first-order valence-electron chi connectivity index (χ1n) is 39.8. The fraction of sp³-hybridized carbons (Fsp3) is 0.774. The number of nitrogens with one attached hydrogen (secondary N) is 1. The predicted octanol–water partition coefficient (Wildman–Crippen LogP) is 26.2. The lowest BCUT2D eigenvalue weighted by Crippen LogP contribution is -2.46. The van der Waals surface area contributed by atoms with Gasteiger partial charge in [0.05, 0.1) is 39.9 Å². The monoisotopic (exact) mass is 1320 g/mol. The Morgan fingerprint density at radius 2 is 0.645 bits per heavy atom. The third kappa shape index (κ3) is 76.4. The van der Waals surface area contributed by atoms with Gasteiger partial charge in [-0.15, -0.1) is 0 Å². The maximum absolute atomic E-state index is 13.1. The van der Waals surface area contributed by atoms with Crippen molar-refractivity contribution < 1.29 is 32.9 Å². The van der Waals surface area contributed by atoms with E-state index in [0.29, 0.717) is 23.9 Å². The highest BCUT2D eigenvalue weighted by molar-refractivity contribution is 7.47. The van der Waals surface area contributed by atoms with Gasteiger partial charge in [0.15, 0.2) is 0 Å². The SMILES string of the molecule is CC/C=C\C/C=C\C/C=C\C/C=C\C/C=C\C/C=C\C/C=C\C/C=C\C/C=C\CCCCCCCCCCCCCCCC(=O)NC(COP(=O)(O)OCC[N+](C)(C)C)C(O)CCCCCCCCCCCCCCCCCCCCCCCCCCCCCCCC. The van der Waals surface area contributed by atoms with Crippen LogP contribution in [-0.2, 0) is 18.4 Å². The average molecular weight is 1320 g/mol. The van der Waals surface area contributed by atoms with Crippen LogP contribution in [0.2, 0.25) is 0 Å². The molecular weight excluding hydrogens is 1160 g/mol. The van der Waals surface area contributed by atoms with Gasteiger partial charge in [0, 0.05) is 6.42 Å². The molecule has 0 fully saturated rings. The van der Waals surface area contributed by atoms with Gasteiger partial charge in [-0.05, 0) is 83.5 Å². The number of allylic oxidation sites excluding steroid dienone is 18. The number of aliphatic hydroxyl groups is 1. The molecule has 8 nitrogen and oxygen atoms in total. The molecule has 0 aliphatic heterocycles. The molecule has 1 amide bonds. The Kier molecular flexibility index (Phi) is 71.2. The molecule has 0 heterocycles. The van der Waals surface area contributed by atoms with Gasteiger partial charge in [-0.3, -0.25) is 13.8 Å². The van der Waals surface area contributed by atoms with Gasteiger partial charge in [-0.2, -0.15) is 0 Å². The van der Waals surface area contributed by atoms with Crippen LogP contribution in [0.3, 0.4) is 0 Å². The van der Waals surface area contributed by atoms with Crippen LogP contribution < -0.4 is 5.32 Å². The summed E-state index contributed by atoms with van der Waals surface area (Å²) in [6.45, 7) is 4.81. The van der Waals surface area contributed by atoms with Crippen LogP contribution in [0.15, 0.2) is 109 Å². The van der Waals surface area contributed by atoms with Crippen molar-refractivity contribution in [1.29, 1.82) is 0 Å². The third-order valence-corrected chi connectivity index (χ3v) is 18.8. The highest BCUT2D eigenvalue weighted by Crippen LogP contribution is 2.43. The topological polar surface area (TPSA) is 105 Å². The van der Waals surface area contributed by atoms with Crippen LogP contribution in [0, 0.1) is 0 Å². The molecule has 0 spiro atoms. The number of likely N-dealkylation sites (N-methyl/N-ethyl adjacent to an activating group) is 1. The van der Waals surface area contributed by atoms with Crippen molar-refractivity contribution in [3.63, 3.8) is 0 Å². The summed E-state index contributed by atoms with van der Waals surface area (Å²) in [5.74, 6) is -0.144. The van der Waals surface area contributed by atoms with E-state index in [9.17, 15) is 19.4 Å². The van der Waals surface area contributed by atoms with Gasteiger partial charge in [0.1, 0.15) is 13.2 Å². The Labute approximate surface area is 578 Å². The summed E-state index contributed by atoms with van der Waals surface area (Å²) in [7, 11) is 1.62. The number of unbranched alkanes of at least 4 members (excludes halogenated alkanes) is 42. The second kappa shape index (κ2) is 73.4. The van der Waals surface area contributed by atoms with Crippen LogP contribution in [0.25, 0.3) is 0 Å². The van der Waals surface area contributed by atoms with Crippen LogP contribution >= 0.6 is 7.82 Å². The zero-order chi connectivity index (χ0) is 67.6. The zero-order valence-corrected chi connectivity index (χ0v) is 62.9. The summed E-state index contributed by atoms with van der Waals surface area (Å²) < 4.78 is 24.0. The normalized spacial score (nSPS) is 14.1. The van der Waals surface area contributed by atoms with Gasteiger partial charge in [-0.1, -0.05) is 386 Å². The number of hydrogen-bond donors (Lipinski definition) is 3. The van der Waals surface area contributed by atoms with Gasteiger partial charge in [0.25, 0.3) is 0 Å². The summed E-state index contributed by atoms with van der Waals surface area (Å²) in [5, 5.41) is 14.2. The Morgan fingerprint density at radius 3 is 0.946 bits per heavy atom. The molecule has 0 aliphatic rings. The number of phosphoric acid groups is 1. The summed E-state index contributed by atoms with van der Waals surface area (Å²) in [5.41, 5.74) is 0. The number of hydrogen-bond acceptors (Lipinski definition) is 5. The molecule has 3 atom stereocenters. The number of amides is 1. The van der Waals surface area contributed by atoms with Crippen molar-refractivity contribution in [2.24, 2.45) is 0 Å². The Hall–Kier alpha value is -2.84. The van der Waals surface area contributed by atoms with E-state index in [1.807, 2.05) is 21.1 Å². The number of carbonyl (C=O) groups excluding carboxylic acids is 1. The van der Waals surface area contributed by atoms with Gasteiger partial charge in [-0.25, -0.2) is 4.57 Å². The number of nitrogens with zero attached hydrogens (tertiary/aromatic N) is 1. The van der Waals surface area contributed by atoms with Crippen LogP contribution in [-0.4, -0.2) is 73.4 Å². The molecule has 0 rings (SSSR count). The van der Waals surface area contributed by atoms with E-state index < -0.39 is 20.0 Å². The second-order valence-electron chi connectivity index (χ2n) is 28.1. The first kappa shape index (κ1) is 90.2. The number of aliphatic hydroxyl groups excluding tert-OH is 1.